The van der Waals surface area contributed by atoms with Crippen LogP contribution in [0.4, 0.5) is 11.4 Å². The lowest BCUT2D eigenvalue weighted by Crippen LogP contribution is -2.13. The van der Waals surface area contributed by atoms with E-state index in [1.54, 1.807) is 6.07 Å². The molecule has 0 radical (unpaired) electrons. The largest absolute Gasteiger partial charge is 0.490 e. The molecule has 0 heterocycles. The molecule has 0 fully saturated rings. The van der Waals surface area contributed by atoms with E-state index in [-0.39, 0.29) is 0 Å². The number of hydrogen-bond donors (Lipinski definition) is 2. The number of aryl methyl sites for hydroxylation is 1. The summed E-state index contributed by atoms with van der Waals surface area (Å²) in [5.74, 6) is 0.680. The molecule has 102 valence electrons. The van der Waals surface area contributed by atoms with Gasteiger partial charge in [-0.2, -0.15) is 5.26 Å². The Labute approximate surface area is 118 Å². The van der Waals surface area contributed by atoms with Crippen molar-refractivity contribution in [1.29, 1.82) is 5.26 Å². The minimum atomic E-state index is 0.479. The molecule has 20 heavy (non-hydrogen) atoms. The summed E-state index contributed by atoms with van der Waals surface area (Å²) in [5, 5.41) is 12.2. The van der Waals surface area contributed by atoms with Gasteiger partial charge in [0.2, 0.25) is 0 Å². The molecule has 2 rings (SSSR count). The Balaban J connectivity index is 1.89. The normalized spacial score (nSPS) is 9.80. The van der Waals surface area contributed by atoms with Gasteiger partial charge in [-0.15, -0.1) is 0 Å². The van der Waals surface area contributed by atoms with Crippen LogP contribution in [0.5, 0.6) is 5.75 Å². The number of hydrogen-bond acceptors (Lipinski definition) is 4. The van der Waals surface area contributed by atoms with E-state index < -0.39 is 0 Å². The molecule has 0 aromatic heterocycles. The van der Waals surface area contributed by atoms with Crippen molar-refractivity contribution in [3.8, 4) is 11.8 Å². The average molecular weight is 267 g/mol. The maximum absolute atomic E-state index is 9.04. The van der Waals surface area contributed by atoms with Gasteiger partial charge in [-0.05, 0) is 36.8 Å². The number of para-hydroxylation sites is 2. The average Bonchev–Trinajstić information content (AvgIpc) is 2.45. The molecule has 2 aromatic carbocycles. The predicted molar refractivity (Wildman–Crippen MR) is 80.7 cm³/mol. The smallest absolute Gasteiger partial charge is 0.142 e. The molecular formula is C16H17N3O. The van der Waals surface area contributed by atoms with E-state index >= 15 is 0 Å². The van der Waals surface area contributed by atoms with Crippen LogP contribution in [-0.2, 0) is 0 Å². The van der Waals surface area contributed by atoms with Crippen molar-refractivity contribution in [2.75, 3.05) is 24.2 Å². The summed E-state index contributed by atoms with van der Waals surface area (Å²) in [6.07, 6.45) is 0. The summed E-state index contributed by atoms with van der Waals surface area (Å²) >= 11 is 0. The Kier molecular flexibility index (Phi) is 4.46. The summed E-state index contributed by atoms with van der Waals surface area (Å²) in [7, 11) is 0. The van der Waals surface area contributed by atoms with E-state index in [4.69, 9.17) is 15.7 Å². The highest BCUT2D eigenvalue weighted by atomic mass is 16.5. The van der Waals surface area contributed by atoms with Crippen molar-refractivity contribution >= 4 is 11.4 Å². The second kappa shape index (κ2) is 6.48. The highest BCUT2D eigenvalue weighted by Gasteiger charge is 2.02. The maximum Gasteiger partial charge on any atom is 0.142 e. The molecule has 0 bridgehead atoms. The van der Waals surface area contributed by atoms with Gasteiger partial charge in [0.25, 0.3) is 0 Å². The number of rotatable bonds is 5. The highest BCUT2D eigenvalue weighted by molar-refractivity contribution is 5.58. The second-order valence-electron chi connectivity index (χ2n) is 4.47. The lowest BCUT2D eigenvalue weighted by atomic mass is 10.1. The van der Waals surface area contributed by atoms with E-state index in [0.29, 0.717) is 30.2 Å². The summed E-state index contributed by atoms with van der Waals surface area (Å²) in [6, 6.07) is 15.2. The summed E-state index contributed by atoms with van der Waals surface area (Å²) < 4.78 is 5.59. The Morgan fingerprint density at radius 2 is 2.05 bits per heavy atom. The first-order valence-corrected chi connectivity index (χ1v) is 6.42. The number of ether oxygens (including phenoxy) is 1. The molecule has 0 aliphatic rings. The fourth-order valence-corrected chi connectivity index (χ4v) is 1.86. The van der Waals surface area contributed by atoms with Gasteiger partial charge in [0.15, 0.2) is 0 Å². The minimum absolute atomic E-state index is 0.479. The van der Waals surface area contributed by atoms with Gasteiger partial charge in [-0.3, -0.25) is 0 Å². The first kappa shape index (κ1) is 13.8. The van der Waals surface area contributed by atoms with Gasteiger partial charge >= 0.3 is 0 Å². The van der Waals surface area contributed by atoms with Crippen molar-refractivity contribution in [2.45, 2.75) is 6.92 Å². The number of nitrogens with zero attached hydrogens (tertiary/aromatic N) is 1. The number of benzene rings is 2. The lowest BCUT2D eigenvalue weighted by Gasteiger charge is -2.11. The molecule has 0 aliphatic carbocycles. The third kappa shape index (κ3) is 3.42. The molecule has 0 saturated carbocycles. The zero-order valence-corrected chi connectivity index (χ0v) is 11.4. The van der Waals surface area contributed by atoms with Crippen molar-refractivity contribution in [2.24, 2.45) is 0 Å². The zero-order valence-electron chi connectivity index (χ0n) is 11.4. The van der Waals surface area contributed by atoms with E-state index in [1.165, 1.54) is 0 Å². The van der Waals surface area contributed by atoms with Crippen LogP contribution in [0.2, 0.25) is 0 Å². The Hall–Kier alpha value is -2.67. The quantitative estimate of drug-likeness (QED) is 0.645. The van der Waals surface area contributed by atoms with Gasteiger partial charge in [0.05, 0.1) is 16.9 Å². The van der Waals surface area contributed by atoms with Gasteiger partial charge in [-0.25, -0.2) is 0 Å². The van der Waals surface area contributed by atoms with E-state index in [9.17, 15) is 0 Å². The predicted octanol–water partition coefficient (Wildman–Crippen LogP) is 2.94. The molecular weight excluding hydrogens is 250 g/mol. The third-order valence-corrected chi connectivity index (χ3v) is 2.89. The van der Waals surface area contributed by atoms with Gasteiger partial charge < -0.3 is 15.8 Å². The minimum Gasteiger partial charge on any atom is -0.490 e. The van der Waals surface area contributed by atoms with Crippen LogP contribution in [0.25, 0.3) is 0 Å². The van der Waals surface area contributed by atoms with Crippen LogP contribution < -0.4 is 15.8 Å². The molecule has 0 saturated heterocycles. The Bertz CT molecular complexity index is 632. The maximum atomic E-state index is 9.04. The Morgan fingerprint density at radius 1 is 1.25 bits per heavy atom. The van der Waals surface area contributed by atoms with Crippen molar-refractivity contribution < 1.29 is 4.74 Å². The van der Waals surface area contributed by atoms with E-state index in [1.807, 2.05) is 43.3 Å². The fourth-order valence-electron chi connectivity index (χ4n) is 1.86. The first-order chi connectivity index (χ1) is 9.70. The monoisotopic (exact) mass is 267 g/mol. The van der Waals surface area contributed by atoms with Gasteiger partial charge in [0, 0.05) is 6.54 Å². The van der Waals surface area contributed by atoms with Crippen LogP contribution in [0.1, 0.15) is 11.1 Å². The number of anilines is 2. The lowest BCUT2D eigenvalue weighted by molar-refractivity contribution is 0.334. The molecule has 0 amide bonds. The van der Waals surface area contributed by atoms with E-state index in [0.717, 1.165) is 11.3 Å². The topological polar surface area (TPSA) is 71.1 Å². The molecule has 3 N–H and O–H groups in total. The van der Waals surface area contributed by atoms with Crippen LogP contribution in [0, 0.1) is 18.3 Å². The van der Waals surface area contributed by atoms with Gasteiger partial charge in [-0.1, -0.05) is 18.2 Å². The fraction of sp³-hybridized carbons (Fsp3) is 0.188. The Morgan fingerprint density at radius 3 is 2.80 bits per heavy atom. The first-order valence-electron chi connectivity index (χ1n) is 6.42. The summed E-state index contributed by atoms with van der Waals surface area (Å²) in [4.78, 5) is 0. The van der Waals surface area contributed by atoms with Crippen molar-refractivity contribution in [3.63, 3.8) is 0 Å². The third-order valence-electron chi connectivity index (χ3n) is 2.89. The standard InChI is InChI=1S/C16H17N3O/c1-12-6-7-13(11-17)15(10-12)19-8-9-20-16-5-3-2-4-14(16)18/h2-7,10,19H,8-9,18H2,1H3. The molecule has 0 atom stereocenters. The van der Waals surface area contributed by atoms with Crippen molar-refractivity contribution in [1.82, 2.24) is 0 Å². The number of nitrogens with one attached hydrogen (secondary N) is 1. The second-order valence-corrected chi connectivity index (χ2v) is 4.47. The molecule has 4 heteroatoms. The molecule has 0 unspecified atom stereocenters. The number of nitriles is 1. The molecule has 0 aliphatic heterocycles. The SMILES string of the molecule is Cc1ccc(C#N)c(NCCOc2ccccc2N)c1. The number of nitrogens with two attached hydrogens (primary N) is 1. The van der Waals surface area contributed by atoms with Crippen LogP contribution in [-0.4, -0.2) is 13.2 Å². The summed E-state index contributed by atoms with van der Waals surface area (Å²) in [5.41, 5.74) is 8.99. The van der Waals surface area contributed by atoms with Crippen LogP contribution in [0.3, 0.4) is 0 Å². The van der Waals surface area contributed by atoms with Crippen LogP contribution >= 0.6 is 0 Å². The summed E-state index contributed by atoms with van der Waals surface area (Å²) in [6.45, 7) is 3.08. The van der Waals surface area contributed by atoms with E-state index in [2.05, 4.69) is 11.4 Å². The van der Waals surface area contributed by atoms with Crippen LogP contribution in [0.15, 0.2) is 42.5 Å². The van der Waals surface area contributed by atoms with Gasteiger partial charge in [0.1, 0.15) is 18.4 Å². The molecule has 4 nitrogen and oxygen atoms in total. The van der Waals surface area contributed by atoms with Crippen molar-refractivity contribution in [3.05, 3.63) is 53.6 Å². The number of nitrogen functional groups attached to an aromatic ring is 1. The zero-order chi connectivity index (χ0) is 14.4. The highest BCUT2D eigenvalue weighted by Crippen LogP contribution is 2.20. The molecule has 0 spiro atoms. The molecule has 2 aromatic rings.